The summed E-state index contributed by atoms with van der Waals surface area (Å²) in [7, 11) is 0. The van der Waals surface area contributed by atoms with Crippen molar-refractivity contribution < 1.29 is 9.72 Å². The molecule has 7 nitrogen and oxygen atoms in total. The Morgan fingerprint density at radius 3 is 2.83 bits per heavy atom. The summed E-state index contributed by atoms with van der Waals surface area (Å²) in [5.74, 6) is -0.0167. The molecule has 0 spiro atoms. The lowest BCUT2D eigenvalue weighted by Crippen LogP contribution is -2.30. The van der Waals surface area contributed by atoms with Crippen molar-refractivity contribution in [2.75, 3.05) is 4.90 Å². The second kappa shape index (κ2) is 6.86. The summed E-state index contributed by atoms with van der Waals surface area (Å²) < 4.78 is 0.746. The zero-order valence-corrected chi connectivity index (χ0v) is 14.8. The van der Waals surface area contributed by atoms with E-state index in [1.54, 1.807) is 17.0 Å². The molecule has 1 aromatic carbocycles. The molecule has 1 saturated carbocycles. The first-order valence-corrected chi connectivity index (χ1v) is 9.19. The number of nitro benzene ring substituents is 1. The Bertz CT molecular complexity index is 776. The Kier molecular flexibility index (Phi) is 4.81. The van der Waals surface area contributed by atoms with Gasteiger partial charge in [-0.25, -0.2) is 0 Å². The standard InChI is InChI=1S/C15H16N4O3S2/c1-9(11-4-3-5-13(8-11)19(21)22)23-15-17-16-14(24-15)18(10(2)20)12-6-7-12/h3-5,8-9,12H,6-7H2,1-2H3. The van der Waals surface area contributed by atoms with E-state index in [0.29, 0.717) is 5.13 Å². The van der Waals surface area contributed by atoms with Gasteiger partial charge in [0.05, 0.1) is 4.92 Å². The molecular formula is C15H16N4O3S2. The third-order valence-corrected chi connectivity index (χ3v) is 5.85. The van der Waals surface area contributed by atoms with Gasteiger partial charge in [-0.05, 0) is 25.3 Å². The first-order chi connectivity index (χ1) is 11.5. The summed E-state index contributed by atoms with van der Waals surface area (Å²) in [6.07, 6.45) is 2.01. The highest BCUT2D eigenvalue weighted by Crippen LogP contribution is 2.40. The third-order valence-electron chi connectivity index (χ3n) is 3.68. The molecule has 9 heteroatoms. The Hall–Kier alpha value is -2.00. The van der Waals surface area contributed by atoms with Crippen LogP contribution in [0.1, 0.15) is 37.5 Å². The van der Waals surface area contributed by atoms with E-state index in [-0.39, 0.29) is 22.9 Å². The molecule has 0 bridgehead atoms. The summed E-state index contributed by atoms with van der Waals surface area (Å²) in [5.41, 5.74) is 0.936. The van der Waals surface area contributed by atoms with Crippen LogP contribution in [0.3, 0.4) is 0 Å². The fourth-order valence-electron chi connectivity index (χ4n) is 2.34. The van der Waals surface area contributed by atoms with E-state index in [2.05, 4.69) is 10.2 Å². The van der Waals surface area contributed by atoms with E-state index in [1.807, 2.05) is 13.0 Å². The SMILES string of the molecule is CC(=O)N(c1nnc(SC(C)c2cccc([N+](=O)[O-])c2)s1)C1CC1. The van der Waals surface area contributed by atoms with Crippen molar-refractivity contribution in [1.29, 1.82) is 0 Å². The van der Waals surface area contributed by atoms with Crippen LogP contribution in [0.25, 0.3) is 0 Å². The Labute approximate surface area is 147 Å². The molecule has 1 amide bonds. The summed E-state index contributed by atoms with van der Waals surface area (Å²) in [6, 6.07) is 6.84. The number of non-ortho nitro benzene ring substituents is 1. The van der Waals surface area contributed by atoms with E-state index in [1.165, 1.54) is 36.1 Å². The maximum Gasteiger partial charge on any atom is 0.269 e. The molecule has 1 fully saturated rings. The fourth-order valence-corrected chi connectivity index (χ4v) is 4.56. The van der Waals surface area contributed by atoms with Crippen molar-refractivity contribution in [3.8, 4) is 0 Å². The highest BCUT2D eigenvalue weighted by Gasteiger charge is 2.34. The Morgan fingerprint density at radius 1 is 1.46 bits per heavy atom. The van der Waals surface area contributed by atoms with Gasteiger partial charge in [-0.3, -0.25) is 19.8 Å². The highest BCUT2D eigenvalue weighted by molar-refractivity contribution is 8.01. The second-order valence-corrected chi connectivity index (χ2v) is 8.13. The van der Waals surface area contributed by atoms with Crippen molar-refractivity contribution in [2.24, 2.45) is 0 Å². The van der Waals surface area contributed by atoms with Crippen molar-refractivity contribution in [3.63, 3.8) is 0 Å². The number of carbonyl (C=O) groups is 1. The van der Waals surface area contributed by atoms with Gasteiger partial charge in [-0.1, -0.05) is 35.2 Å². The lowest BCUT2D eigenvalue weighted by molar-refractivity contribution is -0.384. The van der Waals surface area contributed by atoms with Crippen LogP contribution in [0, 0.1) is 10.1 Å². The number of nitrogens with zero attached hydrogens (tertiary/aromatic N) is 4. The third kappa shape index (κ3) is 3.73. The second-order valence-electron chi connectivity index (χ2n) is 5.58. The fraction of sp³-hybridized carbons (Fsp3) is 0.400. The average molecular weight is 364 g/mol. The van der Waals surface area contributed by atoms with E-state index in [4.69, 9.17) is 0 Å². The minimum Gasteiger partial charge on any atom is -0.284 e. The van der Waals surface area contributed by atoms with Crippen LogP contribution in [-0.4, -0.2) is 27.1 Å². The van der Waals surface area contributed by atoms with Gasteiger partial charge >= 0.3 is 0 Å². The molecule has 1 aliphatic carbocycles. The number of thioether (sulfide) groups is 1. The maximum atomic E-state index is 11.8. The number of hydrogen-bond acceptors (Lipinski definition) is 7. The van der Waals surface area contributed by atoms with Gasteiger partial charge in [0.1, 0.15) is 0 Å². The van der Waals surface area contributed by atoms with Gasteiger partial charge in [-0.2, -0.15) is 0 Å². The van der Waals surface area contributed by atoms with Crippen LogP contribution in [-0.2, 0) is 4.79 Å². The van der Waals surface area contributed by atoms with Gasteiger partial charge in [0.25, 0.3) is 5.69 Å². The van der Waals surface area contributed by atoms with E-state index < -0.39 is 4.92 Å². The van der Waals surface area contributed by atoms with Crippen LogP contribution in [0.5, 0.6) is 0 Å². The summed E-state index contributed by atoms with van der Waals surface area (Å²) >= 11 is 2.87. The van der Waals surface area contributed by atoms with Crippen LogP contribution in [0.2, 0.25) is 0 Å². The van der Waals surface area contributed by atoms with Crippen molar-refractivity contribution in [2.45, 2.75) is 42.3 Å². The van der Waals surface area contributed by atoms with E-state index in [9.17, 15) is 14.9 Å². The topological polar surface area (TPSA) is 89.2 Å². The molecule has 3 rings (SSSR count). The normalized spacial score (nSPS) is 15.1. The van der Waals surface area contributed by atoms with Gasteiger partial charge in [0.2, 0.25) is 11.0 Å². The first-order valence-electron chi connectivity index (χ1n) is 7.50. The van der Waals surface area contributed by atoms with Gasteiger partial charge < -0.3 is 0 Å². The number of rotatable bonds is 6. The minimum atomic E-state index is -0.398. The zero-order valence-electron chi connectivity index (χ0n) is 13.2. The quantitative estimate of drug-likeness (QED) is 0.335. The van der Waals surface area contributed by atoms with Crippen LogP contribution in [0.4, 0.5) is 10.8 Å². The number of nitro groups is 1. The molecular weight excluding hydrogens is 348 g/mol. The van der Waals surface area contributed by atoms with Crippen molar-refractivity contribution >= 4 is 39.8 Å². The van der Waals surface area contributed by atoms with Crippen LogP contribution >= 0.6 is 23.1 Å². The van der Waals surface area contributed by atoms with Crippen molar-refractivity contribution in [1.82, 2.24) is 10.2 Å². The molecule has 0 saturated heterocycles. The Balaban J connectivity index is 1.73. The monoisotopic (exact) mass is 364 g/mol. The lowest BCUT2D eigenvalue weighted by Gasteiger charge is -2.15. The average Bonchev–Trinajstić information content (AvgIpc) is 3.26. The van der Waals surface area contributed by atoms with E-state index >= 15 is 0 Å². The Morgan fingerprint density at radius 2 is 2.21 bits per heavy atom. The molecule has 2 aromatic rings. The number of aromatic nitrogens is 2. The maximum absolute atomic E-state index is 11.8. The molecule has 1 atom stereocenters. The van der Waals surface area contributed by atoms with Gasteiger partial charge in [0.15, 0.2) is 4.34 Å². The van der Waals surface area contributed by atoms with Gasteiger partial charge in [-0.15, -0.1) is 10.2 Å². The smallest absolute Gasteiger partial charge is 0.269 e. The zero-order chi connectivity index (χ0) is 17.3. The molecule has 1 heterocycles. The molecule has 1 unspecified atom stereocenters. The molecule has 0 N–H and O–H groups in total. The predicted molar refractivity (Wildman–Crippen MR) is 93.5 cm³/mol. The number of amides is 1. The van der Waals surface area contributed by atoms with Crippen molar-refractivity contribution in [3.05, 3.63) is 39.9 Å². The molecule has 1 aromatic heterocycles. The number of hydrogen-bond donors (Lipinski definition) is 0. The highest BCUT2D eigenvalue weighted by atomic mass is 32.2. The van der Waals surface area contributed by atoms with Gasteiger partial charge in [0, 0.05) is 30.3 Å². The van der Waals surface area contributed by atoms with Crippen LogP contribution in [0.15, 0.2) is 28.6 Å². The lowest BCUT2D eigenvalue weighted by atomic mass is 10.1. The largest absolute Gasteiger partial charge is 0.284 e. The molecule has 24 heavy (non-hydrogen) atoms. The van der Waals surface area contributed by atoms with E-state index in [0.717, 1.165) is 22.7 Å². The summed E-state index contributed by atoms with van der Waals surface area (Å²) in [4.78, 5) is 24.0. The molecule has 0 radical (unpaired) electrons. The predicted octanol–water partition coefficient (Wildman–Crippen LogP) is 3.81. The summed E-state index contributed by atoms with van der Waals surface area (Å²) in [5, 5.41) is 19.8. The molecule has 126 valence electrons. The number of anilines is 1. The van der Waals surface area contributed by atoms with Crippen LogP contribution < -0.4 is 4.90 Å². The molecule has 1 aliphatic rings. The molecule has 0 aliphatic heterocycles. The summed E-state index contributed by atoms with van der Waals surface area (Å²) in [6.45, 7) is 3.51. The first kappa shape index (κ1) is 16.8. The number of benzene rings is 1. The minimum absolute atomic E-state index is 0.00240. The number of carbonyl (C=O) groups excluding carboxylic acids is 1.